The lowest BCUT2D eigenvalue weighted by molar-refractivity contribution is -0.113. The standard InChI is InChI=1S/C16H19ClN4O2S/c1-23-13-7-6-11(9-12(13)17)18-15(22)10-24-16-20-19-14-5-3-2-4-8-21(14)16/h6-7,9H,2-5,8,10H2,1H3,(H,18,22). The summed E-state index contributed by atoms with van der Waals surface area (Å²) in [5, 5.41) is 12.6. The molecule has 0 spiro atoms. The normalized spacial score (nSPS) is 13.9. The van der Waals surface area contributed by atoms with E-state index >= 15 is 0 Å². The van der Waals surface area contributed by atoms with Crippen LogP contribution in [0.4, 0.5) is 5.69 Å². The molecular weight excluding hydrogens is 348 g/mol. The van der Waals surface area contributed by atoms with Gasteiger partial charge in [-0.05, 0) is 31.0 Å². The first-order valence-corrected chi connectivity index (χ1v) is 9.22. The third-order valence-corrected chi connectivity index (χ3v) is 5.11. The van der Waals surface area contributed by atoms with E-state index in [0.717, 1.165) is 36.8 Å². The topological polar surface area (TPSA) is 69.0 Å². The average molecular weight is 367 g/mol. The molecule has 0 atom stereocenters. The molecule has 6 nitrogen and oxygen atoms in total. The van der Waals surface area contributed by atoms with Gasteiger partial charge in [0.2, 0.25) is 5.91 Å². The molecule has 2 heterocycles. The van der Waals surface area contributed by atoms with Gasteiger partial charge in [0, 0.05) is 18.7 Å². The molecule has 3 rings (SSSR count). The Bertz CT molecular complexity index is 735. The van der Waals surface area contributed by atoms with Crippen molar-refractivity contribution in [3.8, 4) is 5.75 Å². The summed E-state index contributed by atoms with van der Waals surface area (Å²) < 4.78 is 7.23. The first-order valence-electron chi connectivity index (χ1n) is 7.85. The molecule has 1 aliphatic rings. The molecule has 0 fully saturated rings. The summed E-state index contributed by atoms with van der Waals surface area (Å²) >= 11 is 7.47. The van der Waals surface area contributed by atoms with Crippen LogP contribution in [-0.4, -0.2) is 33.5 Å². The molecule has 0 saturated heterocycles. The molecule has 128 valence electrons. The predicted octanol–water partition coefficient (Wildman–Crippen LogP) is 3.40. The monoisotopic (exact) mass is 366 g/mol. The maximum atomic E-state index is 12.1. The van der Waals surface area contributed by atoms with Crippen LogP contribution in [0.3, 0.4) is 0 Å². The van der Waals surface area contributed by atoms with E-state index in [-0.39, 0.29) is 11.7 Å². The number of nitrogens with zero attached hydrogens (tertiary/aromatic N) is 3. The zero-order valence-corrected chi connectivity index (χ0v) is 15.0. The highest BCUT2D eigenvalue weighted by Gasteiger charge is 2.16. The lowest BCUT2D eigenvalue weighted by Crippen LogP contribution is -2.14. The van der Waals surface area contributed by atoms with Gasteiger partial charge in [-0.15, -0.1) is 10.2 Å². The fourth-order valence-corrected chi connectivity index (χ4v) is 3.68. The Hall–Kier alpha value is -1.73. The van der Waals surface area contributed by atoms with E-state index in [1.807, 2.05) is 0 Å². The zero-order valence-electron chi connectivity index (χ0n) is 13.4. The van der Waals surface area contributed by atoms with Crippen LogP contribution < -0.4 is 10.1 Å². The Morgan fingerprint density at radius 2 is 2.25 bits per heavy atom. The fraction of sp³-hybridized carbons (Fsp3) is 0.438. The molecule has 1 aliphatic heterocycles. The van der Waals surface area contributed by atoms with Gasteiger partial charge in [-0.3, -0.25) is 4.79 Å². The van der Waals surface area contributed by atoms with Crippen LogP contribution in [-0.2, 0) is 17.8 Å². The molecule has 1 aromatic carbocycles. The Labute approximate surface area is 149 Å². The number of carbonyl (C=O) groups excluding carboxylic acids is 1. The summed E-state index contributed by atoms with van der Waals surface area (Å²) in [5.74, 6) is 1.78. The van der Waals surface area contributed by atoms with Gasteiger partial charge in [-0.2, -0.15) is 0 Å². The van der Waals surface area contributed by atoms with Gasteiger partial charge in [-0.1, -0.05) is 29.8 Å². The van der Waals surface area contributed by atoms with Crippen molar-refractivity contribution in [1.29, 1.82) is 0 Å². The van der Waals surface area contributed by atoms with Gasteiger partial charge in [0.1, 0.15) is 11.6 Å². The van der Waals surface area contributed by atoms with Crippen LogP contribution >= 0.6 is 23.4 Å². The first-order chi connectivity index (χ1) is 11.7. The number of fused-ring (bicyclic) bond motifs is 1. The van der Waals surface area contributed by atoms with Crippen LogP contribution in [0.15, 0.2) is 23.4 Å². The number of hydrogen-bond acceptors (Lipinski definition) is 5. The Balaban J connectivity index is 1.58. The van der Waals surface area contributed by atoms with Gasteiger partial charge in [0.15, 0.2) is 5.16 Å². The van der Waals surface area contributed by atoms with Gasteiger partial charge < -0.3 is 14.6 Å². The number of aromatic nitrogens is 3. The number of amides is 1. The van der Waals surface area contributed by atoms with Crippen LogP contribution in [0, 0.1) is 0 Å². The highest BCUT2D eigenvalue weighted by molar-refractivity contribution is 7.99. The van der Waals surface area contributed by atoms with E-state index in [1.54, 1.807) is 25.3 Å². The number of nitrogens with one attached hydrogen (secondary N) is 1. The maximum Gasteiger partial charge on any atom is 0.234 e. The number of benzene rings is 1. The highest BCUT2D eigenvalue weighted by Crippen LogP contribution is 2.27. The lowest BCUT2D eigenvalue weighted by atomic mass is 10.2. The van der Waals surface area contributed by atoms with Gasteiger partial charge >= 0.3 is 0 Å². The minimum atomic E-state index is -0.104. The number of methoxy groups -OCH3 is 1. The third kappa shape index (κ3) is 4.02. The quantitative estimate of drug-likeness (QED) is 0.821. The maximum absolute atomic E-state index is 12.1. The summed E-state index contributed by atoms with van der Waals surface area (Å²) in [6, 6.07) is 5.16. The van der Waals surface area contributed by atoms with Crippen LogP contribution in [0.5, 0.6) is 5.75 Å². The Kier molecular flexibility index (Phi) is 5.63. The van der Waals surface area contributed by atoms with Crippen molar-refractivity contribution in [1.82, 2.24) is 14.8 Å². The fourth-order valence-electron chi connectivity index (χ4n) is 2.64. The second-order valence-electron chi connectivity index (χ2n) is 5.55. The number of halogens is 1. The second-order valence-corrected chi connectivity index (χ2v) is 6.90. The predicted molar refractivity (Wildman–Crippen MR) is 94.9 cm³/mol. The van der Waals surface area contributed by atoms with Crippen molar-refractivity contribution < 1.29 is 9.53 Å². The average Bonchev–Trinajstić information content (AvgIpc) is 2.80. The molecule has 8 heteroatoms. The summed E-state index contributed by atoms with van der Waals surface area (Å²) in [4.78, 5) is 12.1. The molecule has 0 radical (unpaired) electrons. The molecule has 1 amide bonds. The largest absolute Gasteiger partial charge is 0.495 e. The van der Waals surface area contributed by atoms with E-state index < -0.39 is 0 Å². The number of anilines is 1. The summed E-state index contributed by atoms with van der Waals surface area (Å²) in [5.41, 5.74) is 0.645. The van der Waals surface area contributed by atoms with Crippen molar-refractivity contribution in [3.63, 3.8) is 0 Å². The van der Waals surface area contributed by atoms with Crippen molar-refractivity contribution in [2.24, 2.45) is 0 Å². The molecule has 0 bridgehead atoms. The Morgan fingerprint density at radius 1 is 1.38 bits per heavy atom. The number of hydrogen-bond donors (Lipinski definition) is 1. The molecule has 24 heavy (non-hydrogen) atoms. The van der Waals surface area contributed by atoms with E-state index in [4.69, 9.17) is 16.3 Å². The van der Waals surface area contributed by atoms with Gasteiger partial charge in [0.05, 0.1) is 17.9 Å². The van der Waals surface area contributed by atoms with Gasteiger partial charge in [-0.25, -0.2) is 0 Å². The van der Waals surface area contributed by atoms with Crippen LogP contribution in [0.25, 0.3) is 0 Å². The molecule has 1 aromatic heterocycles. The molecule has 0 unspecified atom stereocenters. The van der Waals surface area contributed by atoms with E-state index in [1.165, 1.54) is 18.2 Å². The van der Waals surface area contributed by atoms with Crippen LogP contribution in [0.1, 0.15) is 25.1 Å². The van der Waals surface area contributed by atoms with E-state index in [0.29, 0.717) is 16.5 Å². The van der Waals surface area contributed by atoms with E-state index in [9.17, 15) is 4.79 Å². The highest BCUT2D eigenvalue weighted by atomic mass is 35.5. The minimum Gasteiger partial charge on any atom is -0.495 e. The van der Waals surface area contributed by atoms with Gasteiger partial charge in [0.25, 0.3) is 0 Å². The van der Waals surface area contributed by atoms with Crippen LogP contribution in [0.2, 0.25) is 5.02 Å². The lowest BCUT2D eigenvalue weighted by Gasteiger charge is -2.08. The summed E-state index contributed by atoms with van der Waals surface area (Å²) in [6.07, 6.45) is 4.47. The summed E-state index contributed by atoms with van der Waals surface area (Å²) in [7, 11) is 1.55. The van der Waals surface area contributed by atoms with Crippen molar-refractivity contribution in [3.05, 3.63) is 29.0 Å². The molecule has 1 N–H and O–H groups in total. The Morgan fingerprint density at radius 3 is 3.04 bits per heavy atom. The summed E-state index contributed by atoms with van der Waals surface area (Å²) in [6.45, 7) is 0.931. The zero-order chi connectivity index (χ0) is 16.9. The smallest absolute Gasteiger partial charge is 0.234 e. The second kappa shape index (κ2) is 7.90. The molecule has 0 aliphatic carbocycles. The first kappa shape index (κ1) is 17.1. The number of aryl methyl sites for hydroxylation is 1. The van der Waals surface area contributed by atoms with Crippen molar-refractivity contribution in [2.45, 2.75) is 37.4 Å². The number of carbonyl (C=O) groups is 1. The minimum absolute atomic E-state index is 0.104. The molecular formula is C16H19ClN4O2S. The number of ether oxygens (including phenoxy) is 1. The number of thioether (sulfide) groups is 1. The van der Waals surface area contributed by atoms with Crippen molar-refractivity contribution in [2.75, 3.05) is 18.2 Å². The molecule has 0 saturated carbocycles. The molecule has 2 aromatic rings. The SMILES string of the molecule is COc1ccc(NC(=O)CSc2nnc3n2CCCCC3)cc1Cl. The van der Waals surface area contributed by atoms with Crippen molar-refractivity contribution >= 4 is 35.0 Å². The third-order valence-electron chi connectivity index (χ3n) is 3.84. The van der Waals surface area contributed by atoms with E-state index in [2.05, 4.69) is 20.1 Å². The number of rotatable bonds is 5.